The van der Waals surface area contributed by atoms with Crippen molar-refractivity contribution in [2.45, 2.75) is 6.92 Å². The van der Waals surface area contributed by atoms with Crippen molar-refractivity contribution in [2.75, 3.05) is 5.32 Å². The summed E-state index contributed by atoms with van der Waals surface area (Å²) in [6, 6.07) is 8.77. The summed E-state index contributed by atoms with van der Waals surface area (Å²) in [5.41, 5.74) is 0.632. The lowest BCUT2D eigenvalue weighted by Crippen LogP contribution is -2.12. The number of hydrogen-bond donors (Lipinski definition) is 1. The first kappa shape index (κ1) is 11.2. The molecule has 0 atom stereocenters. The van der Waals surface area contributed by atoms with Crippen LogP contribution in [0.1, 0.15) is 6.92 Å². The van der Waals surface area contributed by atoms with Crippen LogP contribution >= 0.6 is 0 Å². The number of benzene rings is 1. The highest BCUT2D eigenvalue weighted by molar-refractivity contribution is 7.71. The molecule has 0 heterocycles. The predicted molar refractivity (Wildman–Crippen MR) is 58.2 cm³/mol. The lowest BCUT2D eigenvalue weighted by molar-refractivity contribution is -0.112. The van der Waals surface area contributed by atoms with Gasteiger partial charge in [0.25, 0.3) is 16.2 Å². The standard InChI is InChI=1S/C10H9NO3S/c1-8(7-15(13)14)10(12)11-9-5-3-2-4-6-9/h2-6H,1H3,(H,11,12). The van der Waals surface area contributed by atoms with Crippen molar-refractivity contribution in [3.8, 4) is 0 Å². The molecule has 1 aromatic carbocycles. The number of rotatable bonds is 2. The summed E-state index contributed by atoms with van der Waals surface area (Å²) in [4.78, 5) is 11.4. The van der Waals surface area contributed by atoms with Gasteiger partial charge >= 0.3 is 0 Å². The summed E-state index contributed by atoms with van der Waals surface area (Å²) < 4.78 is 20.5. The minimum Gasteiger partial charge on any atom is -0.322 e. The minimum absolute atomic E-state index is 0.0205. The molecule has 0 aliphatic heterocycles. The maximum absolute atomic E-state index is 11.4. The molecule has 0 fully saturated rings. The van der Waals surface area contributed by atoms with Crippen LogP contribution < -0.4 is 5.32 Å². The average molecular weight is 223 g/mol. The summed E-state index contributed by atoms with van der Waals surface area (Å²) in [7, 11) is -2.47. The molecule has 0 aliphatic carbocycles. The molecule has 0 unspecified atom stereocenters. The van der Waals surface area contributed by atoms with Gasteiger partial charge in [-0.1, -0.05) is 18.2 Å². The molecular weight excluding hydrogens is 214 g/mol. The van der Waals surface area contributed by atoms with E-state index in [4.69, 9.17) is 0 Å². The monoisotopic (exact) mass is 223 g/mol. The molecule has 4 nitrogen and oxygen atoms in total. The van der Waals surface area contributed by atoms with Gasteiger partial charge in [-0.2, -0.15) is 8.42 Å². The molecule has 0 saturated carbocycles. The number of hydrogen-bond acceptors (Lipinski definition) is 3. The second-order valence-corrected chi connectivity index (χ2v) is 3.46. The number of amides is 1. The molecule has 78 valence electrons. The van der Waals surface area contributed by atoms with Crippen LogP contribution in [0.4, 0.5) is 5.69 Å². The molecule has 1 N–H and O–H groups in total. The normalized spacial score (nSPS) is 8.87. The van der Waals surface area contributed by atoms with Gasteiger partial charge < -0.3 is 5.32 Å². The number of carbonyl (C=O) groups excluding carboxylic acids is 1. The van der Waals surface area contributed by atoms with Gasteiger partial charge in [0.2, 0.25) is 0 Å². The van der Waals surface area contributed by atoms with Gasteiger partial charge in [-0.25, -0.2) is 0 Å². The zero-order valence-electron chi connectivity index (χ0n) is 8.02. The molecule has 1 rings (SSSR count). The van der Waals surface area contributed by atoms with Crippen LogP contribution in [0.2, 0.25) is 0 Å². The van der Waals surface area contributed by atoms with Crippen molar-refractivity contribution in [2.24, 2.45) is 0 Å². The summed E-state index contributed by atoms with van der Waals surface area (Å²) in [5, 5.41) is 4.52. The summed E-state index contributed by atoms with van der Waals surface area (Å²) in [6.07, 6.45) is 0. The highest BCUT2D eigenvalue weighted by Crippen LogP contribution is 2.05. The van der Waals surface area contributed by atoms with Gasteiger partial charge in [0.1, 0.15) is 0 Å². The van der Waals surface area contributed by atoms with Crippen LogP contribution in [0.25, 0.3) is 0 Å². The SMILES string of the molecule is CC(=C=S(=O)=O)C(=O)Nc1ccccc1. The van der Waals surface area contributed by atoms with Crippen molar-refractivity contribution in [1.29, 1.82) is 0 Å². The lowest BCUT2D eigenvalue weighted by atomic mass is 10.3. The van der Waals surface area contributed by atoms with Gasteiger partial charge in [0.05, 0.1) is 5.57 Å². The zero-order chi connectivity index (χ0) is 11.3. The van der Waals surface area contributed by atoms with Gasteiger partial charge in [-0.15, -0.1) is 0 Å². The topological polar surface area (TPSA) is 63.2 Å². The third kappa shape index (κ3) is 3.81. The quantitative estimate of drug-likeness (QED) is 0.597. The van der Waals surface area contributed by atoms with Crippen molar-refractivity contribution < 1.29 is 13.2 Å². The Bertz CT molecular complexity index is 517. The molecule has 0 bridgehead atoms. The Hall–Kier alpha value is -1.84. The first-order chi connectivity index (χ1) is 7.09. The van der Waals surface area contributed by atoms with E-state index in [1.165, 1.54) is 6.92 Å². The van der Waals surface area contributed by atoms with E-state index in [-0.39, 0.29) is 5.57 Å². The second-order valence-electron chi connectivity index (χ2n) is 2.78. The Labute approximate surface area is 88.8 Å². The maximum Gasteiger partial charge on any atom is 0.260 e. The van der Waals surface area contributed by atoms with Crippen molar-refractivity contribution in [3.63, 3.8) is 0 Å². The molecule has 1 aromatic rings. The number of anilines is 1. The van der Waals surface area contributed by atoms with Crippen molar-refractivity contribution in [3.05, 3.63) is 35.9 Å². The molecule has 15 heavy (non-hydrogen) atoms. The zero-order valence-corrected chi connectivity index (χ0v) is 8.84. The fraction of sp³-hybridized carbons (Fsp3) is 0.100. The maximum atomic E-state index is 11.4. The third-order valence-corrected chi connectivity index (χ3v) is 2.08. The minimum atomic E-state index is -2.47. The summed E-state index contributed by atoms with van der Waals surface area (Å²) in [6.45, 7) is 1.38. The summed E-state index contributed by atoms with van der Waals surface area (Å²) in [5.74, 6) is -0.481. The third-order valence-electron chi connectivity index (χ3n) is 1.61. The lowest BCUT2D eigenvalue weighted by Gasteiger charge is -2.02. The van der Waals surface area contributed by atoms with Crippen molar-refractivity contribution >= 4 is 26.9 Å². The Morgan fingerprint density at radius 2 is 1.87 bits per heavy atom. The molecule has 1 amide bonds. The molecular formula is C10H9NO3S. The Morgan fingerprint density at radius 1 is 1.27 bits per heavy atom. The van der Waals surface area contributed by atoms with Crippen LogP contribution in [-0.4, -0.2) is 19.3 Å². The molecule has 5 heteroatoms. The van der Waals surface area contributed by atoms with Crippen LogP contribution in [0.3, 0.4) is 0 Å². The van der Waals surface area contributed by atoms with Crippen LogP contribution in [0.15, 0.2) is 35.9 Å². The van der Waals surface area contributed by atoms with E-state index in [0.29, 0.717) is 5.69 Å². The van der Waals surface area contributed by atoms with E-state index < -0.39 is 16.2 Å². The smallest absolute Gasteiger partial charge is 0.260 e. The van der Waals surface area contributed by atoms with E-state index in [1.807, 2.05) is 11.1 Å². The highest BCUT2D eigenvalue weighted by Gasteiger charge is 2.03. The second kappa shape index (κ2) is 5.14. The van der Waals surface area contributed by atoms with E-state index in [2.05, 4.69) is 5.32 Å². The first-order valence-corrected chi connectivity index (χ1v) is 5.23. The van der Waals surface area contributed by atoms with Crippen LogP contribution in [0, 0.1) is 0 Å². The molecule has 0 aliphatic rings. The Balaban J connectivity index is 2.87. The Kier molecular flexibility index (Phi) is 3.85. The Morgan fingerprint density at radius 3 is 2.40 bits per heavy atom. The molecule has 0 radical (unpaired) electrons. The number of carbonyl (C=O) groups is 1. The van der Waals surface area contributed by atoms with E-state index in [9.17, 15) is 13.2 Å². The summed E-state index contributed by atoms with van der Waals surface area (Å²) >= 11 is 0. The number of para-hydroxylation sites is 1. The fourth-order valence-corrected chi connectivity index (χ4v) is 1.26. The fourth-order valence-electron chi connectivity index (χ4n) is 0.918. The average Bonchev–Trinajstić information content (AvgIpc) is 2.18. The molecule has 0 aromatic heterocycles. The van der Waals surface area contributed by atoms with Crippen LogP contribution in [0.5, 0.6) is 0 Å². The van der Waals surface area contributed by atoms with E-state index in [0.717, 1.165) is 0 Å². The van der Waals surface area contributed by atoms with Gasteiger partial charge in [0, 0.05) is 10.7 Å². The molecule has 0 saturated heterocycles. The van der Waals surface area contributed by atoms with Gasteiger partial charge in [0.15, 0.2) is 0 Å². The van der Waals surface area contributed by atoms with E-state index >= 15 is 0 Å². The van der Waals surface area contributed by atoms with Crippen molar-refractivity contribution in [1.82, 2.24) is 0 Å². The van der Waals surface area contributed by atoms with Gasteiger partial charge in [-0.05, 0) is 19.1 Å². The van der Waals surface area contributed by atoms with Crippen LogP contribution in [-0.2, 0) is 15.1 Å². The number of nitrogens with one attached hydrogen (secondary N) is 1. The molecule has 0 spiro atoms. The van der Waals surface area contributed by atoms with Gasteiger partial charge in [-0.3, -0.25) is 4.79 Å². The predicted octanol–water partition coefficient (Wildman–Crippen LogP) is 0.852. The highest BCUT2D eigenvalue weighted by atomic mass is 32.2. The van der Waals surface area contributed by atoms with E-state index in [1.54, 1.807) is 24.3 Å². The first-order valence-electron chi connectivity index (χ1n) is 4.15. The largest absolute Gasteiger partial charge is 0.322 e.